The average Bonchev–Trinajstić information content (AvgIpc) is 2.28. The van der Waals surface area contributed by atoms with Crippen molar-refractivity contribution in [3.05, 3.63) is 23.9 Å². The van der Waals surface area contributed by atoms with Gasteiger partial charge in [0.1, 0.15) is 0 Å². The Morgan fingerprint density at radius 3 is 2.69 bits per heavy atom. The Balaban J connectivity index is 2.80. The van der Waals surface area contributed by atoms with Crippen molar-refractivity contribution in [1.29, 1.82) is 0 Å². The molecule has 0 bridgehead atoms. The molecule has 16 heavy (non-hydrogen) atoms. The first-order valence-corrected chi connectivity index (χ1v) is 5.28. The van der Waals surface area contributed by atoms with E-state index in [1.165, 1.54) is 0 Å². The van der Waals surface area contributed by atoms with Gasteiger partial charge >= 0.3 is 0 Å². The molecule has 0 aliphatic carbocycles. The largest absolute Gasteiger partial charge is 0.349 e. The third kappa shape index (κ3) is 2.93. The van der Waals surface area contributed by atoms with Gasteiger partial charge in [0.05, 0.1) is 5.56 Å². The molecule has 0 aliphatic heterocycles. The molecule has 0 spiro atoms. The number of hydrogen-bond acceptors (Lipinski definition) is 4. The molecular weight excluding hydrogens is 204 g/mol. The van der Waals surface area contributed by atoms with Crippen LogP contribution >= 0.6 is 0 Å². The summed E-state index contributed by atoms with van der Waals surface area (Å²) in [4.78, 5) is 15.9. The number of pyridine rings is 1. The second-order valence-electron chi connectivity index (χ2n) is 4.05. The Labute approximate surface area is 95.4 Å². The van der Waals surface area contributed by atoms with E-state index in [2.05, 4.69) is 29.6 Å². The van der Waals surface area contributed by atoms with Crippen LogP contribution in [-0.2, 0) is 0 Å². The van der Waals surface area contributed by atoms with E-state index in [9.17, 15) is 4.79 Å². The van der Waals surface area contributed by atoms with Crippen LogP contribution in [0, 0.1) is 5.92 Å². The van der Waals surface area contributed by atoms with E-state index in [0.29, 0.717) is 17.3 Å². The fraction of sp³-hybridized carbons (Fsp3) is 0.455. The molecule has 1 heterocycles. The van der Waals surface area contributed by atoms with Gasteiger partial charge in [-0.2, -0.15) is 0 Å². The van der Waals surface area contributed by atoms with Crippen LogP contribution in [0.1, 0.15) is 31.1 Å². The van der Waals surface area contributed by atoms with Crippen molar-refractivity contribution in [2.75, 3.05) is 5.43 Å². The summed E-state index contributed by atoms with van der Waals surface area (Å²) >= 11 is 0. The van der Waals surface area contributed by atoms with Gasteiger partial charge in [0.25, 0.3) is 5.91 Å². The normalized spacial score (nSPS) is 12.3. The van der Waals surface area contributed by atoms with Gasteiger partial charge < -0.3 is 10.7 Å². The molecule has 0 aliphatic rings. The monoisotopic (exact) mass is 222 g/mol. The summed E-state index contributed by atoms with van der Waals surface area (Å²) in [5, 5.41) is 2.90. The molecule has 88 valence electrons. The van der Waals surface area contributed by atoms with Gasteiger partial charge in [-0.3, -0.25) is 4.79 Å². The summed E-state index contributed by atoms with van der Waals surface area (Å²) in [6.07, 6.45) is 1.58. The first kappa shape index (κ1) is 12.4. The molecule has 0 aromatic carbocycles. The lowest BCUT2D eigenvalue weighted by molar-refractivity contribution is 0.0931. The topological polar surface area (TPSA) is 80.0 Å². The SMILES string of the molecule is CC(C)C(C)NC(=O)c1cccnc1NN. The molecule has 0 saturated heterocycles. The Morgan fingerprint density at radius 2 is 2.12 bits per heavy atom. The second-order valence-corrected chi connectivity index (χ2v) is 4.05. The molecule has 1 aromatic heterocycles. The predicted octanol–water partition coefficient (Wildman–Crippen LogP) is 1.14. The molecule has 1 atom stereocenters. The third-order valence-corrected chi connectivity index (χ3v) is 2.55. The van der Waals surface area contributed by atoms with Crippen LogP contribution in [0.25, 0.3) is 0 Å². The first-order valence-electron chi connectivity index (χ1n) is 5.28. The van der Waals surface area contributed by atoms with Crippen molar-refractivity contribution < 1.29 is 4.79 Å². The smallest absolute Gasteiger partial charge is 0.255 e. The predicted molar refractivity (Wildman–Crippen MR) is 63.8 cm³/mol. The van der Waals surface area contributed by atoms with Gasteiger partial charge in [0.2, 0.25) is 0 Å². The van der Waals surface area contributed by atoms with Crippen molar-refractivity contribution in [1.82, 2.24) is 10.3 Å². The Hall–Kier alpha value is -1.62. The van der Waals surface area contributed by atoms with E-state index in [1.807, 2.05) is 6.92 Å². The highest BCUT2D eigenvalue weighted by Crippen LogP contribution is 2.10. The number of nitrogens with one attached hydrogen (secondary N) is 2. The number of nitrogens with zero attached hydrogens (tertiary/aromatic N) is 1. The van der Waals surface area contributed by atoms with E-state index in [1.54, 1.807) is 18.3 Å². The zero-order valence-electron chi connectivity index (χ0n) is 9.82. The minimum atomic E-state index is -0.165. The van der Waals surface area contributed by atoms with Crippen LogP contribution in [0.2, 0.25) is 0 Å². The molecule has 0 fully saturated rings. The maximum atomic E-state index is 11.9. The lowest BCUT2D eigenvalue weighted by Gasteiger charge is -2.18. The van der Waals surface area contributed by atoms with Crippen molar-refractivity contribution in [3.63, 3.8) is 0 Å². The van der Waals surface area contributed by atoms with Gasteiger partial charge in [0, 0.05) is 12.2 Å². The van der Waals surface area contributed by atoms with Gasteiger partial charge in [-0.05, 0) is 25.0 Å². The van der Waals surface area contributed by atoms with Gasteiger partial charge in [-0.25, -0.2) is 10.8 Å². The number of amides is 1. The summed E-state index contributed by atoms with van der Waals surface area (Å²) in [5.41, 5.74) is 2.86. The van der Waals surface area contributed by atoms with Crippen LogP contribution in [0.15, 0.2) is 18.3 Å². The third-order valence-electron chi connectivity index (χ3n) is 2.55. The Bertz CT molecular complexity index is 365. The summed E-state index contributed by atoms with van der Waals surface area (Å²) in [5.74, 6) is 5.89. The van der Waals surface area contributed by atoms with E-state index in [-0.39, 0.29) is 11.9 Å². The zero-order chi connectivity index (χ0) is 12.1. The van der Waals surface area contributed by atoms with E-state index < -0.39 is 0 Å². The van der Waals surface area contributed by atoms with E-state index in [0.717, 1.165) is 0 Å². The molecule has 5 nitrogen and oxygen atoms in total. The van der Waals surface area contributed by atoms with Crippen LogP contribution in [-0.4, -0.2) is 16.9 Å². The number of nitrogens with two attached hydrogens (primary N) is 1. The lowest BCUT2D eigenvalue weighted by atomic mass is 10.1. The molecule has 0 radical (unpaired) electrons. The summed E-state index contributed by atoms with van der Waals surface area (Å²) in [6, 6.07) is 3.50. The fourth-order valence-electron chi connectivity index (χ4n) is 1.15. The van der Waals surface area contributed by atoms with Crippen molar-refractivity contribution in [3.8, 4) is 0 Å². The number of carbonyl (C=O) groups is 1. The van der Waals surface area contributed by atoms with E-state index >= 15 is 0 Å². The number of carbonyl (C=O) groups excluding carboxylic acids is 1. The molecule has 4 N–H and O–H groups in total. The highest BCUT2D eigenvalue weighted by molar-refractivity contribution is 5.98. The Morgan fingerprint density at radius 1 is 1.44 bits per heavy atom. The summed E-state index contributed by atoms with van der Waals surface area (Å²) in [6.45, 7) is 6.07. The van der Waals surface area contributed by atoms with Gasteiger partial charge in [-0.15, -0.1) is 0 Å². The van der Waals surface area contributed by atoms with Crippen molar-refractivity contribution >= 4 is 11.7 Å². The number of aromatic nitrogens is 1. The van der Waals surface area contributed by atoms with Gasteiger partial charge in [0.15, 0.2) is 5.82 Å². The first-order chi connectivity index (χ1) is 7.56. The fourth-order valence-corrected chi connectivity index (χ4v) is 1.15. The molecule has 0 saturated carbocycles. The summed E-state index contributed by atoms with van der Waals surface area (Å²) < 4.78 is 0. The quantitative estimate of drug-likeness (QED) is 0.527. The maximum absolute atomic E-state index is 11.9. The van der Waals surface area contributed by atoms with Crippen LogP contribution in [0.3, 0.4) is 0 Å². The number of rotatable bonds is 4. The van der Waals surface area contributed by atoms with E-state index in [4.69, 9.17) is 5.84 Å². The summed E-state index contributed by atoms with van der Waals surface area (Å²) in [7, 11) is 0. The van der Waals surface area contributed by atoms with Crippen LogP contribution in [0.4, 0.5) is 5.82 Å². The molecule has 1 aromatic rings. The number of hydrazine groups is 1. The van der Waals surface area contributed by atoms with Crippen molar-refractivity contribution in [2.24, 2.45) is 11.8 Å². The molecule has 1 amide bonds. The highest BCUT2D eigenvalue weighted by Gasteiger charge is 2.15. The van der Waals surface area contributed by atoms with Crippen LogP contribution < -0.4 is 16.6 Å². The Kier molecular flexibility index (Phi) is 4.25. The molecule has 1 unspecified atom stereocenters. The highest BCUT2D eigenvalue weighted by atomic mass is 16.1. The standard InChI is InChI=1S/C11H18N4O/c1-7(2)8(3)14-11(16)9-5-4-6-13-10(9)15-12/h4-8H,12H2,1-3H3,(H,13,15)(H,14,16). The zero-order valence-corrected chi connectivity index (χ0v) is 9.82. The number of anilines is 1. The van der Waals surface area contributed by atoms with Crippen LogP contribution in [0.5, 0.6) is 0 Å². The number of nitrogen functional groups attached to an aromatic ring is 1. The average molecular weight is 222 g/mol. The minimum absolute atomic E-state index is 0.110. The minimum Gasteiger partial charge on any atom is -0.349 e. The molecular formula is C11H18N4O. The molecule has 5 heteroatoms. The molecule has 1 rings (SSSR count). The number of hydrogen-bond donors (Lipinski definition) is 3. The second kappa shape index (κ2) is 5.46. The van der Waals surface area contributed by atoms with Gasteiger partial charge in [-0.1, -0.05) is 13.8 Å². The lowest BCUT2D eigenvalue weighted by Crippen LogP contribution is -2.36. The maximum Gasteiger partial charge on any atom is 0.255 e. The van der Waals surface area contributed by atoms with Crippen molar-refractivity contribution in [2.45, 2.75) is 26.8 Å².